The maximum atomic E-state index is 8.17. The van der Waals surface area contributed by atoms with Crippen LogP contribution in [-0.4, -0.2) is 18.7 Å². The molecular formula is C50H35N4Pt-. The van der Waals surface area contributed by atoms with Crippen LogP contribution < -0.4 is 0 Å². The third-order valence-electron chi connectivity index (χ3n) is 10.5. The molecule has 5 heteroatoms. The van der Waals surface area contributed by atoms with Crippen molar-refractivity contribution in [3.8, 4) is 17.2 Å². The maximum absolute atomic E-state index is 8.17. The molecule has 266 valence electrons. The van der Waals surface area contributed by atoms with E-state index in [1.165, 1.54) is 0 Å². The van der Waals surface area contributed by atoms with Gasteiger partial charge in [-0.3, -0.25) is 0 Å². The zero-order valence-electron chi connectivity index (χ0n) is 32.6. The van der Waals surface area contributed by atoms with E-state index in [4.69, 9.17) is 9.10 Å². The number of hydrogen-bond donors (Lipinski definition) is 0. The van der Waals surface area contributed by atoms with Crippen molar-refractivity contribution in [2.75, 3.05) is 0 Å². The van der Waals surface area contributed by atoms with Gasteiger partial charge in [0.05, 0.1) is 0 Å². The first kappa shape index (κ1) is 31.0. The van der Waals surface area contributed by atoms with Crippen LogP contribution in [0.15, 0.2) is 195 Å². The van der Waals surface area contributed by atoms with Crippen LogP contribution in [-0.2, 0) is 26.5 Å². The monoisotopic (exact) mass is 889 g/mol. The second-order valence-corrected chi connectivity index (χ2v) is 13.5. The number of nitrogens with zero attached hydrogens (tertiary/aromatic N) is 4. The molecule has 10 aromatic rings. The predicted molar refractivity (Wildman–Crippen MR) is 220 cm³/mol. The summed E-state index contributed by atoms with van der Waals surface area (Å²) in [5, 5.41) is 2.02. The van der Waals surface area contributed by atoms with Gasteiger partial charge in [0.15, 0.2) is 17.4 Å². The van der Waals surface area contributed by atoms with Crippen LogP contribution in [0.2, 0.25) is 0 Å². The number of benzene rings is 7. The molecule has 0 fully saturated rings. The molecule has 0 aliphatic rings. The Morgan fingerprint density at radius 3 is 1.89 bits per heavy atom. The number of rotatable bonds is 7. The summed E-state index contributed by atoms with van der Waals surface area (Å²) in [5.41, 5.74) is 9.17. The fourth-order valence-corrected chi connectivity index (χ4v) is 8.11. The predicted octanol–water partition coefficient (Wildman–Crippen LogP) is 11.5. The molecule has 10 rings (SSSR count). The third-order valence-corrected chi connectivity index (χ3v) is 10.5. The molecule has 0 N–H and O–H groups in total. The van der Waals surface area contributed by atoms with Crippen LogP contribution in [0.1, 0.15) is 31.9 Å². The number of imidazole rings is 1. The van der Waals surface area contributed by atoms with Gasteiger partial charge in [0, 0.05) is 60.1 Å². The molecule has 0 saturated carbocycles. The molecule has 0 spiro atoms. The van der Waals surface area contributed by atoms with Gasteiger partial charge in [0.25, 0.3) is 0 Å². The Labute approximate surface area is 339 Å². The van der Waals surface area contributed by atoms with E-state index in [2.05, 4.69) is 167 Å². The van der Waals surface area contributed by atoms with E-state index in [-0.39, 0.29) is 26.6 Å². The van der Waals surface area contributed by atoms with Crippen molar-refractivity contribution in [3.63, 3.8) is 0 Å². The topological polar surface area (TPSA) is 27.7 Å². The fraction of sp³-hybridized carbons (Fsp3) is 0.0400. The van der Waals surface area contributed by atoms with Gasteiger partial charge in [-0.2, -0.15) is 34.9 Å². The Balaban J connectivity index is 0.00000436. The van der Waals surface area contributed by atoms with E-state index in [0.717, 1.165) is 66.5 Å². The van der Waals surface area contributed by atoms with Crippen molar-refractivity contribution in [1.29, 1.82) is 0 Å². The molecule has 0 amide bonds. The smallest absolute Gasteiger partial charge is 0.168 e. The summed E-state index contributed by atoms with van der Waals surface area (Å²) in [6.07, 6.45) is 3.71. The van der Waals surface area contributed by atoms with Gasteiger partial charge in [-0.1, -0.05) is 115 Å². The molecule has 4 nitrogen and oxygen atoms in total. The molecule has 3 heterocycles. The Morgan fingerprint density at radius 2 is 1.18 bits per heavy atom. The van der Waals surface area contributed by atoms with Crippen molar-refractivity contribution in [2.24, 2.45) is 0 Å². The number of para-hydroxylation sites is 4. The standard InChI is InChI=1S/C50H35N4.Pt/c1-36-30-31-51-49(32-36)54-45-25-12-11-24-43(45)44-29-28-40(34-48(44)54)50(37-16-5-2-6-17-37,38-18-7-3-8-19-38)39-20-15-23-42(33-39)53-35-52(41-21-9-4-10-22-41)46-26-13-14-27-47(46)53;/h2-32,35H,1H3;/q-1;/i1D3;. The molecule has 0 saturated heterocycles. The zero-order valence-corrected chi connectivity index (χ0v) is 31.9. The number of aryl methyl sites for hydroxylation is 1. The summed E-state index contributed by atoms with van der Waals surface area (Å²) in [6, 6.07) is 70.0. The van der Waals surface area contributed by atoms with Gasteiger partial charge in [-0.25, -0.2) is 9.55 Å². The minimum absolute atomic E-state index is 0. The quantitative estimate of drug-likeness (QED) is 0.116. The number of aromatic nitrogens is 4. The van der Waals surface area contributed by atoms with Crippen LogP contribution in [0.5, 0.6) is 0 Å². The van der Waals surface area contributed by atoms with Gasteiger partial charge in [-0.05, 0) is 59.3 Å². The van der Waals surface area contributed by atoms with E-state index < -0.39 is 12.3 Å². The summed E-state index contributed by atoms with van der Waals surface area (Å²) >= 11 is 0. The van der Waals surface area contributed by atoms with Gasteiger partial charge in [0.2, 0.25) is 0 Å². The van der Waals surface area contributed by atoms with E-state index in [0.29, 0.717) is 5.82 Å². The van der Waals surface area contributed by atoms with Crippen LogP contribution in [0.3, 0.4) is 0 Å². The molecule has 0 bridgehead atoms. The van der Waals surface area contributed by atoms with E-state index in [9.17, 15) is 0 Å². The van der Waals surface area contributed by atoms with Gasteiger partial charge < -0.3 is 4.57 Å². The Hall–Kier alpha value is -6.35. The van der Waals surface area contributed by atoms with Gasteiger partial charge in [-0.15, -0.1) is 28.6 Å². The molecule has 0 radical (unpaired) electrons. The molecule has 0 aliphatic heterocycles. The van der Waals surface area contributed by atoms with Crippen molar-refractivity contribution < 1.29 is 25.2 Å². The maximum Gasteiger partial charge on any atom is 0.168 e. The van der Waals surface area contributed by atoms with Crippen molar-refractivity contribution in [1.82, 2.24) is 18.7 Å². The fourth-order valence-electron chi connectivity index (χ4n) is 8.11. The second kappa shape index (κ2) is 14.1. The molecule has 55 heavy (non-hydrogen) atoms. The second-order valence-electron chi connectivity index (χ2n) is 13.5. The largest absolute Gasteiger partial charge is 0.319 e. The van der Waals surface area contributed by atoms with Crippen LogP contribution >= 0.6 is 0 Å². The third kappa shape index (κ3) is 5.64. The minimum atomic E-state index is -2.28. The van der Waals surface area contributed by atoms with Crippen LogP contribution in [0.4, 0.5) is 0 Å². The number of pyridine rings is 1. The summed E-state index contributed by atoms with van der Waals surface area (Å²) in [4.78, 5) is 4.74. The van der Waals surface area contributed by atoms with Crippen LogP contribution in [0, 0.1) is 19.0 Å². The average Bonchev–Trinajstić information content (AvgIpc) is 3.81. The van der Waals surface area contributed by atoms with E-state index in [1.54, 1.807) is 18.3 Å². The summed E-state index contributed by atoms with van der Waals surface area (Å²) in [6.45, 7) is -2.28. The molecular weight excluding hydrogens is 852 g/mol. The first-order valence-electron chi connectivity index (χ1n) is 19.6. The molecule has 3 aromatic heterocycles. The molecule has 0 aliphatic carbocycles. The van der Waals surface area contributed by atoms with Gasteiger partial charge >= 0.3 is 0 Å². The summed E-state index contributed by atoms with van der Waals surface area (Å²) < 4.78 is 31.0. The Kier molecular flexibility index (Phi) is 7.98. The minimum Gasteiger partial charge on any atom is -0.319 e. The average molecular weight is 890 g/mol. The molecule has 0 unspecified atom stereocenters. The summed E-state index contributed by atoms with van der Waals surface area (Å²) in [5.74, 6) is 0.521. The van der Waals surface area contributed by atoms with E-state index in [1.807, 2.05) is 34.9 Å². The van der Waals surface area contributed by atoms with Crippen molar-refractivity contribution in [2.45, 2.75) is 12.3 Å². The number of fused-ring (bicyclic) bond motifs is 4. The first-order chi connectivity index (χ1) is 27.9. The van der Waals surface area contributed by atoms with Crippen molar-refractivity contribution >= 4 is 32.8 Å². The molecule has 0 atom stereocenters. The normalized spacial score (nSPS) is 12.6. The Bertz CT molecular complexity index is 3030. The van der Waals surface area contributed by atoms with Gasteiger partial charge in [0.1, 0.15) is 11.5 Å². The zero-order chi connectivity index (χ0) is 38.6. The SMILES string of the molecule is [2H]C([2H])([2H])c1ccnc(-n2c3[c-]c(C(c4[c-]c(-n5[cH+]n(-c6ccccc6)c6ccccc65)ccc4)(c4ccccc4)c4ccccc4)ccc3c3ccccc32)c1.[Pt]. The van der Waals surface area contributed by atoms with Crippen LogP contribution in [0.25, 0.3) is 50.0 Å². The first-order valence-corrected chi connectivity index (χ1v) is 18.1. The Morgan fingerprint density at radius 1 is 0.564 bits per heavy atom. The van der Waals surface area contributed by atoms with E-state index >= 15 is 0 Å². The van der Waals surface area contributed by atoms with Crippen molar-refractivity contribution in [3.05, 3.63) is 234 Å². The molecule has 7 aromatic carbocycles. The summed E-state index contributed by atoms with van der Waals surface area (Å²) in [7, 11) is 0. The number of hydrogen-bond acceptors (Lipinski definition) is 1.